The Labute approximate surface area is 101 Å². The van der Waals surface area contributed by atoms with Gasteiger partial charge in [-0.25, -0.2) is 4.79 Å². The molecule has 0 aliphatic heterocycles. The van der Waals surface area contributed by atoms with Crippen LogP contribution in [0.15, 0.2) is 36.4 Å². The maximum Gasteiger partial charge on any atom is 0.328 e. The van der Waals surface area contributed by atoms with Crippen molar-refractivity contribution in [1.29, 1.82) is 0 Å². The topological polar surface area (TPSA) is 77.8 Å². The first-order valence-corrected chi connectivity index (χ1v) is 5.25. The number of carboxylic acids is 1. The lowest BCUT2D eigenvalue weighted by Crippen LogP contribution is -2.17. The molecule has 0 spiro atoms. The van der Waals surface area contributed by atoms with Crippen LogP contribution < -0.4 is 0 Å². The minimum Gasteiger partial charge on any atom is -0.478 e. The van der Waals surface area contributed by atoms with E-state index in [1.807, 2.05) is 30.3 Å². The molecule has 0 aromatic heterocycles. The molecule has 0 heterocycles. The Morgan fingerprint density at radius 2 is 1.59 bits per heavy atom. The van der Waals surface area contributed by atoms with E-state index in [2.05, 4.69) is 0 Å². The van der Waals surface area contributed by atoms with Gasteiger partial charge in [-0.1, -0.05) is 30.3 Å². The Morgan fingerprint density at radius 3 is 1.94 bits per heavy atom. The van der Waals surface area contributed by atoms with Crippen molar-refractivity contribution < 1.29 is 20.1 Å². The molecule has 1 rings (SSSR count). The van der Waals surface area contributed by atoms with Crippen molar-refractivity contribution in [3.05, 3.63) is 42.0 Å². The molecule has 0 saturated carbocycles. The molecule has 0 fully saturated rings. The van der Waals surface area contributed by atoms with Crippen molar-refractivity contribution in [2.24, 2.45) is 0 Å². The van der Waals surface area contributed by atoms with Crippen molar-refractivity contribution >= 4 is 12.0 Å². The molecule has 0 radical (unpaired) electrons. The second-order valence-electron chi connectivity index (χ2n) is 3.56. The van der Waals surface area contributed by atoms with Gasteiger partial charge in [-0.05, 0) is 25.5 Å². The highest BCUT2D eigenvalue weighted by Gasteiger charge is 1.99. The Hall–Kier alpha value is -1.65. The third-order valence-electron chi connectivity index (χ3n) is 1.92. The fraction of sp³-hybridized carbons (Fsp3) is 0.308. The molecule has 0 saturated heterocycles. The number of hydrogen-bond donors (Lipinski definition) is 3. The fourth-order valence-electron chi connectivity index (χ4n) is 0.732. The number of aliphatic carboxylic acids is 1. The van der Waals surface area contributed by atoms with Crippen molar-refractivity contribution in [3.63, 3.8) is 0 Å². The predicted molar refractivity (Wildman–Crippen MR) is 66.5 cm³/mol. The van der Waals surface area contributed by atoms with Crippen LogP contribution in [0.25, 0.3) is 6.08 Å². The molecule has 0 aliphatic carbocycles. The summed E-state index contributed by atoms with van der Waals surface area (Å²) in [5, 5.41) is 25.0. The first-order chi connectivity index (χ1) is 7.93. The van der Waals surface area contributed by atoms with Crippen LogP contribution in [0, 0.1) is 0 Å². The second kappa shape index (κ2) is 8.50. The lowest BCUT2D eigenvalue weighted by Gasteiger charge is -2.03. The summed E-state index contributed by atoms with van der Waals surface area (Å²) in [7, 11) is 0. The van der Waals surface area contributed by atoms with Crippen molar-refractivity contribution in [1.82, 2.24) is 0 Å². The van der Waals surface area contributed by atoms with Gasteiger partial charge in [-0.2, -0.15) is 0 Å². The van der Waals surface area contributed by atoms with Crippen molar-refractivity contribution in [2.45, 2.75) is 26.1 Å². The molecule has 2 atom stereocenters. The van der Waals surface area contributed by atoms with E-state index in [1.165, 1.54) is 0 Å². The summed E-state index contributed by atoms with van der Waals surface area (Å²) in [6, 6.07) is 9.31. The van der Waals surface area contributed by atoms with Gasteiger partial charge in [0.25, 0.3) is 0 Å². The Morgan fingerprint density at radius 1 is 1.12 bits per heavy atom. The zero-order valence-electron chi connectivity index (χ0n) is 9.95. The fourth-order valence-corrected chi connectivity index (χ4v) is 0.732. The summed E-state index contributed by atoms with van der Waals surface area (Å²) in [6.07, 6.45) is 1.49. The molecule has 2 unspecified atom stereocenters. The first-order valence-electron chi connectivity index (χ1n) is 5.25. The Bertz CT molecular complexity index is 336. The first kappa shape index (κ1) is 15.4. The molecule has 94 valence electrons. The van der Waals surface area contributed by atoms with Crippen LogP contribution in [-0.4, -0.2) is 33.5 Å². The smallest absolute Gasteiger partial charge is 0.328 e. The standard InChI is InChI=1S/C9H8O2.C4H10O2/c10-9(11)7-6-8-4-2-1-3-5-8;1-3(5)4(2)6/h1-7H,(H,10,11);3-6H,1-2H3. The third kappa shape index (κ3) is 9.29. The van der Waals surface area contributed by atoms with Crippen LogP contribution in [0.3, 0.4) is 0 Å². The average molecular weight is 238 g/mol. The van der Waals surface area contributed by atoms with E-state index in [9.17, 15) is 4.79 Å². The number of hydrogen-bond acceptors (Lipinski definition) is 3. The van der Waals surface area contributed by atoms with Gasteiger partial charge < -0.3 is 15.3 Å². The summed E-state index contributed by atoms with van der Waals surface area (Å²) in [4.78, 5) is 10.1. The molecule has 4 nitrogen and oxygen atoms in total. The van der Waals surface area contributed by atoms with Gasteiger partial charge in [0.2, 0.25) is 0 Å². The Kier molecular flexibility index (Phi) is 7.67. The van der Waals surface area contributed by atoms with Gasteiger partial charge in [0.1, 0.15) is 0 Å². The molecule has 0 aliphatic rings. The van der Waals surface area contributed by atoms with E-state index in [0.29, 0.717) is 0 Å². The van der Waals surface area contributed by atoms with Crippen LogP contribution in [0.4, 0.5) is 0 Å². The maximum absolute atomic E-state index is 10.1. The number of benzene rings is 1. The summed E-state index contributed by atoms with van der Waals surface area (Å²) in [6.45, 7) is 3.09. The van der Waals surface area contributed by atoms with Crippen molar-refractivity contribution in [3.8, 4) is 0 Å². The molecule has 1 aromatic rings. The van der Waals surface area contributed by atoms with Crippen LogP contribution in [-0.2, 0) is 4.79 Å². The molecule has 0 amide bonds. The number of carbonyl (C=O) groups is 1. The monoisotopic (exact) mass is 238 g/mol. The van der Waals surface area contributed by atoms with Gasteiger partial charge in [0.05, 0.1) is 12.2 Å². The minimum absolute atomic E-state index is 0.593. The van der Waals surface area contributed by atoms with Crippen LogP contribution >= 0.6 is 0 Å². The van der Waals surface area contributed by atoms with E-state index in [-0.39, 0.29) is 0 Å². The van der Waals surface area contributed by atoms with Crippen LogP contribution in [0.2, 0.25) is 0 Å². The van der Waals surface area contributed by atoms with Crippen molar-refractivity contribution in [2.75, 3.05) is 0 Å². The molecular formula is C13H18O4. The SMILES string of the molecule is CC(O)C(C)O.O=C(O)C=Cc1ccccc1. The largest absolute Gasteiger partial charge is 0.478 e. The van der Waals surface area contributed by atoms with Gasteiger partial charge in [0, 0.05) is 6.08 Å². The van der Waals surface area contributed by atoms with Gasteiger partial charge in [-0.3, -0.25) is 0 Å². The molecule has 1 aromatic carbocycles. The number of carboxylic acid groups (broad SMARTS) is 1. The van der Waals surface area contributed by atoms with Gasteiger partial charge >= 0.3 is 5.97 Å². The highest BCUT2D eigenvalue weighted by Crippen LogP contribution is 1.99. The number of aliphatic hydroxyl groups is 2. The zero-order chi connectivity index (χ0) is 13.3. The highest BCUT2D eigenvalue weighted by atomic mass is 16.4. The maximum atomic E-state index is 10.1. The van der Waals surface area contributed by atoms with E-state index >= 15 is 0 Å². The molecule has 4 heteroatoms. The predicted octanol–water partition coefficient (Wildman–Crippen LogP) is 1.53. The van der Waals surface area contributed by atoms with Gasteiger partial charge in [-0.15, -0.1) is 0 Å². The lowest BCUT2D eigenvalue weighted by atomic mass is 10.2. The summed E-state index contributed by atoms with van der Waals surface area (Å²) >= 11 is 0. The molecule has 0 bridgehead atoms. The van der Waals surface area contributed by atoms with E-state index < -0.39 is 18.2 Å². The summed E-state index contributed by atoms with van der Waals surface area (Å²) in [5.41, 5.74) is 0.898. The highest BCUT2D eigenvalue weighted by molar-refractivity contribution is 5.85. The average Bonchev–Trinajstić information content (AvgIpc) is 2.28. The third-order valence-corrected chi connectivity index (χ3v) is 1.92. The molecular weight excluding hydrogens is 220 g/mol. The molecule has 17 heavy (non-hydrogen) atoms. The lowest BCUT2D eigenvalue weighted by molar-refractivity contribution is -0.131. The van der Waals surface area contributed by atoms with Crippen LogP contribution in [0.5, 0.6) is 0 Å². The van der Waals surface area contributed by atoms with E-state index in [4.69, 9.17) is 15.3 Å². The second-order valence-corrected chi connectivity index (χ2v) is 3.56. The number of rotatable bonds is 3. The summed E-state index contributed by atoms with van der Waals surface area (Å²) in [5.74, 6) is -0.922. The van der Waals surface area contributed by atoms with E-state index in [0.717, 1.165) is 11.6 Å². The Balaban J connectivity index is 0.000000366. The normalized spacial score (nSPS) is 13.6. The summed E-state index contributed by atoms with van der Waals surface area (Å²) < 4.78 is 0. The van der Waals surface area contributed by atoms with Gasteiger partial charge in [0.15, 0.2) is 0 Å². The van der Waals surface area contributed by atoms with E-state index in [1.54, 1.807) is 19.9 Å². The molecule has 3 N–H and O–H groups in total. The number of aliphatic hydroxyl groups excluding tert-OH is 2. The van der Waals surface area contributed by atoms with Crippen LogP contribution in [0.1, 0.15) is 19.4 Å². The quantitative estimate of drug-likeness (QED) is 0.698. The zero-order valence-corrected chi connectivity index (χ0v) is 9.95. The minimum atomic E-state index is -0.922.